The molecule has 21 heavy (non-hydrogen) atoms. The minimum absolute atomic E-state index is 0.985. The lowest BCUT2D eigenvalue weighted by atomic mass is 9.98. The smallest absolute Gasteiger partial charge is 0.0798 e. The molecule has 6 nitrogen and oxygen atoms in total. The Morgan fingerprint density at radius 1 is 0.952 bits per heavy atom. The molecule has 0 bridgehead atoms. The Morgan fingerprint density at radius 2 is 1.67 bits per heavy atom. The average Bonchev–Trinajstić information content (AvgIpc) is 3.01. The van der Waals surface area contributed by atoms with Gasteiger partial charge in [-0.15, -0.1) is 0 Å². The van der Waals surface area contributed by atoms with Gasteiger partial charge in [-0.2, -0.15) is 15.3 Å². The van der Waals surface area contributed by atoms with Gasteiger partial charge < -0.3 is 0 Å². The van der Waals surface area contributed by atoms with E-state index in [0.29, 0.717) is 0 Å². The monoisotopic (exact) mass is 284 g/mol. The second-order valence-electron chi connectivity index (χ2n) is 5.51. The molecule has 0 unspecified atom stereocenters. The highest BCUT2D eigenvalue weighted by Crippen LogP contribution is 2.37. The first-order valence-corrected chi connectivity index (χ1v) is 6.96. The molecule has 0 amide bonds. The predicted molar refractivity (Wildman–Crippen MR) is 81.9 cm³/mol. The van der Waals surface area contributed by atoms with Gasteiger partial charge in [-0.3, -0.25) is 14.5 Å². The summed E-state index contributed by atoms with van der Waals surface area (Å²) < 4.78 is 3.82. The lowest BCUT2D eigenvalue weighted by Crippen LogP contribution is -1.97. The van der Waals surface area contributed by atoms with Crippen molar-refractivity contribution >= 4 is 0 Å². The Kier molecular flexibility index (Phi) is 2.97. The number of hydrogen-bond donors (Lipinski definition) is 1. The summed E-state index contributed by atoms with van der Waals surface area (Å²) in [5, 5.41) is 16.4. The van der Waals surface area contributed by atoms with Gasteiger partial charge in [0.15, 0.2) is 0 Å². The van der Waals surface area contributed by atoms with Crippen LogP contribution < -0.4 is 0 Å². The summed E-state index contributed by atoms with van der Waals surface area (Å²) in [5.74, 6) is 0. The van der Waals surface area contributed by atoms with E-state index < -0.39 is 0 Å². The van der Waals surface area contributed by atoms with Gasteiger partial charge in [0.05, 0.1) is 23.3 Å². The van der Waals surface area contributed by atoms with E-state index in [2.05, 4.69) is 27.3 Å². The molecule has 3 aromatic rings. The van der Waals surface area contributed by atoms with Crippen LogP contribution in [0, 0.1) is 27.7 Å². The summed E-state index contributed by atoms with van der Waals surface area (Å²) in [5.41, 5.74) is 8.64. The highest BCUT2D eigenvalue weighted by atomic mass is 15.3. The summed E-state index contributed by atoms with van der Waals surface area (Å²) in [6.45, 7) is 8.17. The second-order valence-corrected chi connectivity index (χ2v) is 5.51. The van der Waals surface area contributed by atoms with E-state index in [9.17, 15) is 0 Å². The van der Waals surface area contributed by atoms with E-state index >= 15 is 0 Å². The molecule has 0 aliphatic carbocycles. The highest BCUT2D eigenvalue weighted by Gasteiger charge is 2.23. The zero-order valence-electron chi connectivity index (χ0n) is 13.3. The Labute approximate surface area is 123 Å². The number of nitrogens with zero attached hydrogens (tertiary/aromatic N) is 5. The number of nitrogens with one attached hydrogen (secondary N) is 1. The fraction of sp³-hybridized carbons (Fsp3) is 0.400. The van der Waals surface area contributed by atoms with Crippen LogP contribution in [0.25, 0.3) is 22.4 Å². The first-order chi connectivity index (χ1) is 9.91. The Morgan fingerprint density at radius 3 is 2.19 bits per heavy atom. The standard InChI is InChI=1S/C15H20N6/c1-8-13(9(2)18-17-8)15-14(10(3)19-21(15)6)12-7-16-20(5)11(12)4/h7H,1-6H3,(H,17,18). The fourth-order valence-corrected chi connectivity index (χ4v) is 2.91. The molecule has 0 saturated carbocycles. The van der Waals surface area contributed by atoms with Crippen LogP contribution in [-0.2, 0) is 14.1 Å². The van der Waals surface area contributed by atoms with Crippen molar-refractivity contribution in [2.75, 3.05) is 0 Å². The van der Waals surface area contributed by atoms with Gasteiger partial charge in [-0.05, 0) is 27.7 Å². The van der Waals surface area contributed by atoms with Crippen LogP contribution in [0.1, 0.15) is 22.8 Å². The molecule has 0 spiro atoms. The Balaban J connectivity index is 2.35. The third-order valence-electron chi connectivity index (χ3n) is 4.09. The van der Waals surface area contributed by atoms with Crippen LogP contribution in [0.5, 0.6) is 0 Å². The molecule has 3 heterocycles. The minimum atomic E-state index is 0.985. The number of aryl methyl sites for hydroxylation is 5. The van der Waals surface area contributed by atoms with Crippen molar-refractivity contribution in [1.29, 1.82) is 0 Å². The zero-order chi connectivity index (χ0) is 15.3. The quantitative estimate of drug-likeness (QED) is 0.786. The molecule has 110 valence electrons. The van der Waals surface area contributed by atoms with Crippen LogP contribution in [0.15, 0.2) is 6.20 Å². The third-order valence-corrected chi connectivity index (χ3v) is 4.09. The van der Waals surface area contributed by atoms with Gasteiger partial charge in [0.2, 0.25) is 0 Å². The van der Waals surface area contributed by atoms with Crippen molar-refractivity contribution in [1.82, 2.24) is 29.8 Å². The molecule has 0 aliphatic rings. The van der Waals surface area contributed by atoms with Gasteiger partial charge in [0, 0.05) is 42.2 Å². The second kappa shape index (κ2) is 4.58. The van der Waals surface area contributed by atoms with Crippen molar-refractivity contribution < 1.29 is 0 Å². The van der Waals surface area contributed by atoms with Crippen LogP contribution in [-0.4, -0.2) is 29.8 Å². The summed E-state index contributed by atoms with van der Waals surface area (Å²) in [6, 6.07) is 0. The summed E-state index contributed by atoms with van der Waals surface area (Å²) in [7, 11) is 3.93. The molecule has 0 atom stereocenters. The number of H-pyrrole nitrogens is 1. The van der Waals surface area contributed by atoms with Crippen molar-refractivity contribution in [2.45, 2.75) is 27.7 Å². The molecule has 1 N–H and O–H groups in total. The lowest BCUT2D eigenvalue weighted by molar-refractivity contribution is 0.740. The topological polar surface area (TPSA) is 64.3 Å². The molecular formula is C15H20N6. The van der Waals surface area contributed by atoms with Gasteiger partial charge in [0.25, 0.3) is 0 Å². The van der Waals surface area contributed by atoms with Crippen LogP contribution >= 0.6 is 0 Å². The molecule has 3 rings (SSSR count). The predicted octanol–water partition coefficient (Wildman–Crippen LogP) is 2.44. The molecule has 0 aromatic carbocycles. The van der Waals surface area contributed by atoms with Crippen LogP contribution in [0.2, 0.25) is 0 Å². The molecular weight excluding hydrogens is 264 g/mol. The summed E-state index contributed by atoms with van der Waals surface area (Å²) in [6.07, 6.45) is 1.91. The van der Waals surface area contributed by atoms with Gasteiger partial charge >= 0.3 is 0 Å². The molecule has 3 aromatic heterocycles. The number of rotatable bonds is 2. The van der Waals surface area contributed by atoms with Crippen molar-refractivity contribution in [3.05, 3.63) is 29.0 Å². The molecule has 6 heteroatoms. The Bertz CT molecular complexity index is 798. The maximum atomic E-state index is 4.61. The summed E-state index contributed by atoms with van der Waals surface area (Å²) in [4.78, 5) is 0. The minimum Gasteiger partial charge on any atom is -0.282 e. The van der Waals surface area contributed by atoms with E-state index in [0.717, 1.165) is 45.2 Å². The van der Waals surface area contributed by atoms with Crippen molar-refractivity contribution in [2.24, 2.45) is 14.1 Å². The first-order valence-electron chi connectivity index (χ1n) is 6.96. The van der Waals surface area contributed by atoms with Gasteiger partial charge in [-0.1, -0.05) is 0 Å². The maximum absolute atomic E-state index is 4.61. The van der Waals surface area contributed by atoms with Crippen molar-refractivity contribution in [3.63, 3.8) is 0 Å². The zero-order valence-corrected chi connectivity index (χ0v) is 13.3. The first kappa shape index (κ1) is 13.6. The molecule has 0 aliphatic heterocycles. The number of hydrogen-bond acceptors (Lipinski definition) is 3. The largest absolute Gasteiger partial charge is 0.282 e. The SMILES string of the molecule is Cc1n[nH]c(C)c1-c1c(-c2cnn(C)c2C)c(C)nn1C. The normalized spacial score (nSPS) is 11.3. The van der Waals surface area contributed by atoms with Crippen molar-refractivity contribution in [3.8, 4) is 22.4 Å². The maximum Gasteiger partial charge on any atom is 0.0798 e. The van der Waals surface area contributed by atoms with Gasteiger partial charge in [0.1, 0.15) is 0 Å². The molecule has 0 fully saturated rings. The lowest BCUT2D eigenvalue weighted by Gasteiger charge is -2.07. The highest BCUT2D eigenvalue weighted by molar-refractivity contribution is 5.85. The van der Waals surface area contributed by atoms with Crippen LogP contribution in [0.3, 0.4) is 0 Å². The van der Waals surface area contributed by atoms with E-state index in [1.807, 2.05) is 50.4 Å². The molecule has 0 saturated heterocycles. The number of aromatic nitrogens is 6. The van der Waals surface area contributed by atoms with E-state index in [1.54, 1.807) is 0 Å². The third kappa shape index (κ3) is 1.90. The van der Waals surface area contributed by atoms with E-state index in [1.165, 1.54) is 0 Å². The molecule has 0 radical (unpaired) electrons. The van der Waals surface area contributed by atoms with Gasteiger partial charge in [-0.25, -0.2) is 0 Å². The summed E-state index contributed by atoms with van der Waals surface area (Å²) >= 11 is 0. The van der Waals surface area contributed by atoms with E-state index in [-0.39, 0.29) is 0 Å². The van der Waals surface area contributed by atoms with E-state index in [4.69, 9.17) is 0 Å². The average molecular weight is 284 g/mol. The fourth-order valence-electron chi connectivity index (χ4n) is 2.91. The number of aromatic amines is 1. The van der Waals surface area contributed by atoms with Crippen LogP contribution in [0.4, 0.5) is 0 Å². The Hall–Kier alpha value is -2.37.